The van der Waals surface area contributed by atoms with E-state index in [1.54, 1.807) is 18.2 Å². The molecule has 0 saturated heterocycles. The van der Waals surface area contributed by atoms with E-state index in [9.17, 15) is 18.3 Å². The highest BCUT2D eigenvalue weighted by molar-refractivity contribution is 5.44. The monoisotopic (exact) mass is 305 g/mol. The van der Waals surface area contributed by atoms with E-state index >= 15 is 0 Å². The van der Waals surface area contributed by atoms with Crippen molar-refractivity contribution in [1.29, 1.82) is 0 Å². The van der Waals surface area contributed by atoms with E-state index in [1.165, 1.54) is 0 Å². The third kappa shape index (κ3) is 5.09. The maximum atomic E-state index is 12.0. The van der Waals surface area contributed by atoms with Gasteiger partial charge in [0.15, 0.2) is 11.5 Å². The lowest BCUT2D eigenvalue weighted by molar-refractivity contribution is -0.135. The average Bonchev–Trinajstić information content (AvgIpc) is 2.45. The van der Waals surface area contributed by atoms with Crippen LogP contribution in [0.3, 0.4) is 0 Å². The third-order valence-corrected chi connectivity index (χ3v) is 3.10. The quantitative estimate of drug-likeness (QED) is 0.793. The predicted molar refractivity (Wildman–Crippen MR) is 70.6 cm³/mol. The number of nitrogens with one attached hydrogen (secondary N) is 1. The van der Waals surface area contributed by atoms with Gasteiger partial charge in [0.1, 0.15) is 13.2 Å². The molecule has 21 heavy (non-hydrogen) atoms. The molecule has 1 aliphatic rings. The molecule has 0 bridgehead atoms. The molecule has 2 N–H and O–H groups in total. The van der Waals surface area contributed by atoms with Crippen LogP contribution in [0, 0.1) is 0 Å². The molecule has 0 fully saturated rings. The highest BCUT2D eigenvalue weighted by Gasteiger charge is 2.25. The van der Waals surface area contributed by atoms with Gasteiger partial charge in [-0.3, -0.25) is 0 Å². The Morgan fingerprint density at radius 2 is 1.90 bits per heavy atom. The molecular formula is C14H18F3NO3. The van der Waals surface area contributed by atoms with Crippen LogP contribution in [0.4, 0.5) is 13.2 Å². The van der Waals surface area contributed by atoms with Gasteiger partial charge in [-0.15, -0.1) is 0 Å². The number of ether oxygens (including phenoxy) is 2. The second kappa shape index (κ2) is 7.00. The number of fused-ring (bicyclic) bond motifs is 1. The van der Waals surface area contributed by atoms with Crippen molar-refractivity contribution in [2.24, 2.45) is 0 Å². The molecule has 7 heteroatoms. The molecular weight excluding hydrogens is 287 g/mol. The normalized spacial score (nSPS) is 15.8. The average molecular weight is 305 g/mol. The molecule has 118 valence electrons. The van der Waals surface area contributed by atoms with Crippen LogP contribution in [0.2, 0.25) is 0 Å². The molecule has 0 radical (unpaired) electrons. The molecule has 1 aliphatic heterocycles. The maximum Gasteiger partial charge on any atom is 0.389 e. The van der Waals surface area contributed by atoms with Gasteiger partial charge in [0.2, 0.25) is 0 Å². The van der Waals surface area contributed by atoms with E-state index in [-0.39, 0.29) is 19.5 Å². The number of alkyl halides is 3. The smallest absolute Gasteiger partial charge is 0.389 e. The van der Waals surface area contributed by atoms with Crippen molar-refractivity contribution in [1.82, 2.24) is 5.32 Å². The highest BCUT2D eigenvalue weighted by Crippen LogP contribution is 2.32. The summed E-state index contributed by atoms with van der Waals surface area (Å²) in [5, 5.41) is 12.8. The largest absolute Gasteiger partial charge is 0.486 e. The van der Waals surface area contributed by atoms with E-state index in [0.29, 0.717) is 30.3 Å². The highest BCUT2D eigenvalue weighted by atomic mass is 19.4. The van der Waals surface area contributed by atoms with Gasteiger partial charge in [-0.2, -0.15) is 13.2 Å². The Labute approximate surface area is 120 Å². The van der Waals surface area contributed by atoms with Crippen LogP contribution in [0.5, 0.6) is 11.5 Å². The van der Waals surface area contributed by atoms with Crippen LogP contribution in [-0.2, 0) is 0 Å². The van der Waals surface area contributed by atoms with Gasteiger partial charge in [0.05, 0.1) is 6.10 Å². The third-order valence-electron chi connectivity index (χ3n) is 3.10. The SMILES string of the molecule is OC(CNCCCC(F)(F)F)c1ccc2c(c1)OCCO2. The van der Waals surface area contributed by atoms with Crippen LogP contribution < -0.4 is 14.8 Å². The van der Waals surface area contributed by atoms with E-state index in [4.69, 9.17) is 9.47 Å². The number of halogens is 3. The molecule has 1 heterocycles. The minimum atomic E-state index is -4.13. The Morgan fingerprint density at radius 3 is 2.62 bits per heavy atom. The summed E-state index contributed by atoms with van der Waals surface area (Å²) in [7, 11) is 0. The summed E-state index contributed by atoms with van der Waals surface area (Å²) in [4.78, 5) is 0. The number of rotatable bonds is 6. The predicted octanol–water partition coefficient (Wildman–Crippen LogP) is 2.42. The molecule has 0 amide bonds. The van der Waals surface area contributed by atoms with Crippen LogP contribution in [0.1, 0.15) is 24.5 Å². The molecule has 1 aromatic carbocycles. The number of benzene rings is 1. The number of aliphatic hydroxyl groups excluding tert-OH is 1. The fourth-order valence-corrected chi connectivity index (χ4v) is 2.04. The Morgan fingerprint density at radius 1 is 1.19 bits per heavy atom. The van der Waals surface area contributed by atoms with Crippen LogP contribution in [0.15, 0.2) is 18.2 Å². The first-order chi connectivity index (χ1) is 9.96. The van der Waals surface area contributed by atoms with E-state index in [0.717, 1.165) is 0 Å². The Kier molecular flexibility index (Phi) is 5.30. The molecule has 2 rings (SSSR count). The summed E-state index contributed by atoms with van der Waals surface area (Å²) < 4.78 is 46.7. The zero-order chi connectivity index (χ0) is 15.3. The van der Waals surface area contributed by atoms with Gasteiger partial charge in [-0.25, -0.2) is 0 Å². The fourth-order valence-electron chi connectivity index (χ4n) is 2.04. The summed E-state index contributed by atoms with van der Waals surface area (Å²) in [6, 6.07) is 5.13. The minimum absolute atomic E-state index is 0.00262. The van der Waals surface area contributed by atoms with Crippen molar-refractivity contribution < 1.29 is 27.8 Å². The molecule has 0 saturated carbocycles. The van der Waals surface area contributed by atoms with E-state index < -0.39 is 18.7 Å². The van der Waals surface area contributed by atoms with Gasteiger partial charge >= 0.3 is 6.18 Å². The first-order valence-corrected chi connectivity index (χ1v) is 6.81. The summed E-state index contributed by atoms with van der Waals surface area (Å²) in [6.45, 7) is 1.36. The van der Waals surface area contributed by atoms with Crippen molar-refractivity contribution in [2.45, 2.75) is 25.1 Å². The van der Waals surface area contributed by atoms with Gasteiger partial charge in [-0.05, 0) is 30.7 Å². The van der Waals surface area contributed by atoms with Crippen molar-refractivity contribution in [3.8, 4) is 11.5 Å². The maximum absolute atomic E-state index is 12.0. The summed E-state index contributed by atoms with van der Waals surface area (Å²) in [5.74, 6) is 1.21. The van der Waals surface area contributed by atoms with Gasteiger partial charge in [-0.1, -0.05) is 6.07 Å². The lowest BCUT2D eigenvalue weighted by atomic mass is 10.1. The van der Waals surface area contributed by atoms with Crippen LogP contribution in [-0.4, -0.2) is 37.6 Å². The lowest BCUT2D eigenvalue weighted by Gasteiger charge is -2.20. The Hall–Kier alpha value is -1.47. The zero-order valence-corrected chi connectivity index (χ0v) is 11.4. The molecule has 0 aliphatic carbocycles. The number of hydrogen-bond acceptors (Lipinski definition) is 4. The van der Waals surface area contributed by atoms with Gasteiger partial charge in [0.25, 0.3) is 0 Å². The molecule has 4 nitrogen and oxygen atoms in total. The number of aliphatic hydroxyl groups is 1. The molecule has 1 aromatic rings. The standard InChI is InChI=1S/C14H18F3NO3/c15-14(16,17)4-1-5-18-9-11(19)10-2-3-12-13(8-10)21-7-6-20-12/h2-3,8,11,18-19H,1,4-7,9H2. The van der Waals surface area contributed by atoms with Crippen molar-refractivity contribution >= 4 is 0 Å². The van der Waals surface area contributed by atoms with Crippen molar-refractivity contribution in [2.75, 3.05) is 26.3 Å². The van der Waals surface area contributed by atoms with Crippen molar-refractivity contribution in [3.05, 3.63) is 23.8 Å². The summed E-state index contributed by atoms with van der Waals surface area (Å²) in [6.07, 6.45) is -5.75. The van der Waals surface area contributed by atoms with E-state index in [2.05, 4.69) is 5.32 Å². The van der Waals surface area contributed by atoms with Gasteiger partial charge < -0.3 is 19.9 Å². The summed E-state index contributed by atoms with van der Waals surface area (Å²) >= 11 is 0. The van der Waals surface area contributed by atoms with Gasteiger partial charge in [0, 0.05) is 13.0 Å². The van der Waals surface area contributed by atoms with Crippen molar-refractivity contribution in [3.63, 3.8) is 0 Å². The first-order valence-electron chi connectivity index (χ1n) is 6.81. The Balaban J connectivity index is 1.77. The molecule has 1 unspecified atom stereocenters. The molecule has 0 spiro atoms. The second-order valence-corrected chi connectivity index (χ2v) is 4.84. The summed E-state index contributed by atoms with van der Waals surface area (Å²) in [5.41, 5.74) is 0.641. The number of hydrogen-bond donors (Lipinski definition) is 2. The lowest BCUT2D eigenvalue weighted by Crippen LogP contribution is -2.24. The second-order valence-electron chi connectivity index (χ2n) is 4.84. The fraction of sp³-hybridized carbons (Fsp3) is 0.571. The van der Waals surface area contributed by atoms with E-state index in [1.807, 2.05) is 0 Å². The molecule has 0 aromatic heterocycles. The minimum Gasteiger partial charge on any atom is -0.486 e. The van der Waals surface area contributed by atoms with Crippen LogP contribution in [0.25, 0.3) is 0 Å². The first kappa shape index (κ1) is 15.9. The Bertz CT molecular complexity index is 465. The topological polar surface area (TPSA) is 50.7 Å². The van der Waals surface area contributed by atoms with Crippen LogP contribution >= 0.6 is 0 Å². The molecule has 1 atom stereocenters. The zero-order valence-electron chi connectivity index (χ0n) is 11.4.